The number of carbonyl (C=O) groups excluding carboxylic acids is 2. The quantitative estimate of drug-likeness (QED) is 0.0211. The third kappa shape index (κ3) is 62.6. The van der Waals surface area contributed by atoms with Gasteiger partial charge < -0.3 is 18.9 Å². The van der Waals surface area contributed by atoms with Crippen molar-refractivity contribution in [3.63, 3.8) is 0 Å². The Kier molecular flexibility index (Phi) is 57.2. The van der Waals surface area contributed by atoms with Crippen molar-refractivity contribution in [3.8, 4) is 0 Å². The summed E-state index contributed by atoms with van der Waals surface area (Å²) >= 11 is 0. The van der Waals surface area contributed by atoms with Crippen molar-refractivity contribution >= 4 is 19.8 Å². The third-order valence-corrected chi connectivity index (χ3v) is 15.2. The number of carbonyl (C=O) groups is 2. The summed E-state index contributed by atoms with van der Waals surface area (Å²) in [6.45, 7) is 4.33. The second-order valence-corrected chi connectivity index (χ2v) is 24.6. The molecule has 9 nitrogen and oxygen atoms in total. The largest absolute Gasteiger partial charge is 0.472 e. The molecular formula is C68H125NO8P+. The number of likely N-dealkylation sites (N-methyl/N-ethyl adjacent to an activating group) is 1. The number of hydrogen-bond acceptors (Lipinski definition) is 7. The first kappa shape index (κ1) is 75.5. The number of phosphoric ester groups is 1. The maximum atomic E-state index is 12.8. The molecule has 0 amide bonds. The molecule has 0 aliphatic carbocycles. The number of phosphoric acid groups is 1. The van der Waals surface area contributed by atoms with E-state index < -0.39 is 26.5 Å². The Hall–Kier alpha value is -2.55. The van der Waals surface area contributed by atoms with Crippen LogP contribution in [0.4, 0.5) is 0 Å². The molecule has 0 fully saturated rings. The first-order valence-corrected chi connectivity index (χ1v) is 34.2. The molecule has 2 unspecified atom stereocenters. The summed E-state index contributed by atoms with van der Waals surface area (Å²) in [7, 11) is 1.46. The molecule has 0 saturated carbocycles. The zero-order valence-corrected chi connectivity index (χ0v) is 52.5. The van der Waals surface area contributed by atoms with Crippen LogP contribution in [0.5, 0.6) is 0 Å². The van der Waals surface area contributed by atoms with Crippen LogP contribution in [-0.4, -0.2) is 74.9 Å². The van der Waals surface area contributed by atoms with Crippen LogP contribution in [0.1, 0.15) is 296 Å². The summed E-state index contributed by atoms with van der Waals surface area (Å²) in [5, 5.41) is 0. The standard InChI is InChI=1S/C68H124NO8P/c1-6-8-10-12-14-16-18-20-22-24-26-28-29-30-31-32-33-34-35-36-37-38-39-41-42-44-46-48-50-52-54-56-58-60-67(70)74-64-66(65-76-78(72,73)75-63-62-69(3,4)5)77-68(71)61-59-57-55-53-51-49-47-45-43-40-27-25-23-21-19-17-15-13-11-9-7-2/h9,11,15,17,21,23-24,26-27,40,45,47,66H,6-8,10,12-14,16,18-20,22,25,28-39,41-44,46,48-65H2,1-5H3/p+1/b11-9-,17-15-,23-21-,26-24-,40-27-,47-45-. The molecule has 0 saturated heterocycles. The van der Waals surface area contributed by atoms with Crippen LogP contribution in [0.15, 0.2) is 72.9 Å². The van der Waals surface area contributed by atoms with Gasteiger partial charge in [0, 0.05) is 12.8 Å². The van der Waals surface area contributed by atoms with E-state index in [2.05, 4.69) is 86.8 Å². The molecule has 0 spiro atoms. The fraction of sp³-hybridized carbons (Fsp3) is 0.794. The Morgan fingerprint density at radius 1 is 0.410 bits per heavy atom. The van der Waals surface area contributed by atoms with Crippen molar-refractivity contribution in [2.45, 2.75) is 302 Å². The lowest BCUT2D eigenvalue weighted by atomic mass is 10.0. The van der Waals surface area contributed by atoms with Crippen LogP contribution >= 0.6 is 7.82 Å². The molecule has 2 atom stereocenters. The fourth-order valence-electron chi connectivity index (χ4n) is 9.22. The number of hydrogen-bond donors (Lipinski definition) is 1. The average molecular weight is 1120 g/mol. The van der Waals surface area contributed by atoms with E-state index in [0.29, 0.717) is 17.4 Å². The van der Waals surface area contributed by atoms with E-state index in [1.165, 1.54) is 180 Å². The maximum absolute atomic E-state index is 12.8. The van der Waals surface area contributed by atoms with Crippen LogP contribution in [0.3, 0.4) is 0 Å². The number of allylic oxidation sites excluding steroid dienone is 12. The van der Waals surface area contributed by atoms with Gasteiger partial charge >= 0.3 is 19.8 Å². The first-order valence-electron chi connectivity index (χ1n) is 32.7. The Balaban J connectivity index is 4.04. The molecule has 1 N–H and O–H groups in total. The van der Waals surface area contributed by atoms with Gasteiger partial charge in [0.05, 0.1) is 27.7 Å². The average Bonchev–Trinajstić information content (AvgIpc) is 3.41. The lowest BCUT2D eigenvalue weighted by molar-refractivity contribution is -0.870. The van der Waals surface area contributed by atoms with Crippen molar-refractivity contribution in [2.24, 2.45) is 0 Å². The van der Waals surface area contributed by atoms with Gasteiger partial charge in [-0.3, -0.25) is 18.6 Å². The molecule has 78 heavy (non-hydrogen) atoms. The van der Waals surface area contributed by atoms with Crippen molar-refractivity contribution < 1.29 is 42.1 Å². The monoisotopic (exact) mass is 1110 g/mol. The van der Waals surface area contributed by atoms with Gasteiger partial charge in [-0.2, -0.15) is 0 Å². The zero-order valence-electron chi connectivity index (χ0n) is 51.6. The van der Waals surface area contributed by atoms with Crippen LogP contribution in [0.25, 0.3) is 0 Å². The highest BCUT2D eigenvalue weighted by Gasteiger charge is 2.27. The Morgan fingerprint density at radius 2 is 0.731 bits per heavy atom. The van der Waals surface area contributed by atoms with E-state index in [1.54, 1.807) is 0 Å². The minimum atomic E-state index is -4.40. The number of ether oxygens (including phenoxy) is 2. The van der Waals surface area contributed by atoms with Crippen LogP contribution in [-0.2, 0) is 32.7 Å². The summed E-state index contributed by atoms with van der Waals surface area (Å²) in [5.41, 5.74) is 0. The van der Waals surface area contributed by atoms with Crippen LogP contribution < -0.4 is 0 Å². The molecule has 454 valence electrons. The van der Waals surface area contributed by atoms with Gasteiger partial charge in [0.1, 0.15) is 19.8 Å². The molecule has 0 aromatic heterocycles. The van der Waals surface area contributed by atoms with Gasteiger partial charge in [0.25, 0.3) is 0 Å². The van der Waals surface area contributed by atoms with Gasteiger partial charge in [-0.25, -0.2) is 4.57 Å². The van der Waals surface area contributed by atoms with Gasteiger partial charge in [0.2, 0.25) is 0 Å². The Labute approximate surface area is 482 Å². The zero-order chi connectivity index (χ0) is 57.0. The predicted octanol–water partition coefficient (Wildman–Crippen LogP) is 20.8. The molecular weight excluding hydrogens is 990 g/mol. The first-order chi connectivity index (χ1) is 38.0. The molecule has 0 aliphatic heterocycles. The molecule has 0 aromatic carbocycles. The van der Waals surface area contributed by atoms with Crippen molar-refractivity contribution in [2.75, 3.05) is 47.5 Å². The van der Waals surface area contributed by atoms with Crippen LogP contribution in [0.2, 0.25) is 0 Å². The smallest absolute Gasteiger partial charge is 0.462 e. The van der Waals surface area contributed by atoms with Gasteiger partial charge in [-0.15, -0.1) is 0 Å². The lowest BCUT2D eigenvalue weighted by Gasteiger charge is -2.24. The number of quaternary nitrogens is 1. The highest BCUT2D eigenvalue weighted by Crippen LogP contribution is 2.43. The molecule has 0 aliphatic rings. The minimum absolute atomic E-state index is 0.0257. The second-order valence-electron chi connectivity index (χ2n) is 23.1. The van der Waals surface area contributed by atoms with E-state index >= 15 is 0 Å². The lowest BCUT2D eigenvalue weighted by Crippen LogP contribution is -2.37. The fourth-order valence-corrected chi connectivity index (χ4v) is 9.96. The minimum Gasteiger partial charge on any atom is -0.462 e. The van der Waals surface area contributed by atoms with Crippen molar-refractivity contribution in [1.29, 1.82) is 0 Å². The Bertz CT molecular complexity index is 1550. The maximum Gasteiger partial charge on any atom is 0.472 e. The molecule has 10 heteroatoms. The van der Waals surface area contributed by atoms with Crippen LogP contribution in [0, 0.1) is 0 Å². The summed E-state index contributed by atoms with van der Waals surface area (Å²) in [6.07, 6.45) is 78.6. The number of esters is 2. The summed E-state index contributed by atoms with van der Waals surface area (Å²) in [4.78, 5) is 35.8. The van der Waals surface area contributed by atoms with E-state index in [4.69, 9.17) is 18.5 Å². The third-order valence-electron chi connectivity index (χ3n) is 14.2. The highest BCUT2D eigenvalue weighted by atomic mass is 31.2. The van der Waals surface area contributed by atoms with E-state index in [0.717, 1.165) is 83.5 Å². The molecule has 0 bridgehead atoms. The molecule has 0 rings (SSSR count). The van der Waals surface area contributed by atoms with Gasteiger partial charge in [-0.05, 0) is 83.5 Å². The number of unbranched alkanes of at least 4 members (excludes halogenated alkanes) is 34. The summed E-state index contributed by atoms with van der Waals surface area (Å²) in [5.74, 6) is -0.812. The normalized spacial score (nSPS) is 13.7. The number of nitrogens with zero attached hydrogens (tertiary/aromatic N) is 1. The van der Waals surface area contributed by atoms with Gasteiger partial charge in [-0.1, -0.05) is 273 Å². The van der Waals surface area contributed by atoms with Crippen molar-refractivity contribution in [1.82, 2.24) is 0 Å². The highest BCUT2D eigenvalue weighted by molar-refractivity contribution is 7.47. The molecule has 0 aromatic rings. The number of rotatable bonds is 60. The van der Waals surface area contributed by atoms with E-state index in [9.17, 15) is 19.0 Å². The molecule has 0 heterocycles. The molecule has 0 radical (unpaired) electrons. The van der Waals surface area contributed by atoms with E-state index in [-0.39, 0.29) is 32.0 Å². The van der Waals surface area contributed by atoms with Crippen molar-refractivity contribution in [3.05, 3.63) is 72.9 Å². The SMILES string of the molecule is CC/C=C\C/C=C\C/C=C\C/C=C\C/C=C\CCCCCCCC(=O)OC(COC(=O)CCCCCCCCCCCCCCCCCCCCCCC/C=C\CCCCCCCCCC)COP(=O)(O)OCC[N+](C)(C)C. The van der Waals surface area contributed by atoms with E-state index in [1.807, 2.05) is 21.1 Å². The summed E-state index contributed by atoms with van der Waals surface area (Å²) in [6, 6.07) is 0. The Morgan fingerprint density at radius 3 is 1.10 bits per heavy atom. The predicted molar refractivity (Wildman–Crippen MR) is 335 cm³/mol. The second kappa shape index (κ2) is 59.1. The topological polar surface area (TPSA) is 108 Å². The van der Waals surface area contributed by atoms with Gasteiger partial charge in [0.15, 0.2) is 6.10 Å². The summed E-state index contributed by atoms with van der Waals surface area (Å²) < 4.78 is 34.6.